The number of rotatable bonds is 7. The van der Waals surface area contributed by atoms with Gasteiger partial charge in [0.1, 0.15) is 18.0 Å². The van der Waals surface area contributed by atoms with E-state index >= 15 is 0 Å². The molecule has 5 heteroatoms. The summed E-state index contributed by atoms with van der Waals surface area (Å²) in [6.07, 6.45) is 7.60. The van der Waals surface area contributed by atoms with Crippen LogP contribution >= 0.6 is 0 Å². The Morgan fingerprint density at radius 3 is 2.44 bits per heavy atom. The zero-order chi connectivity index (χ0) is 19.1. The molecule has 1 saturated carbocycles. The molecule has 0 radical (unpaired) electrons. The molecule has 1 aliphatic carbocycles. The molecule has 1 amide bonds. The number of likely N-dealkylation sites (tertiary alicyclic amines) is 1. The van der Waals surface area contributed by atoms with Crippen molar-refractivity contribution >= 4 is 11.6 Å². The smallest absolute Gasteiger partial charge is 0.256 e. The van der Waals surface area contributed by atoms with E-state index in [0.29, 0.717) is 12.5 Å². The zero-order valence-electron chi connectivity index (χ0n) is 16.8. The largest absolute Gasteiger partial charge is 0.492 e. The summed E-state index contributed by atoms with van der Waals surface area (Å²) in [5, 5.41) is 3.03. The zero-order valence-corrected chi connectivity index (χ0v) is 16.8. The molecule has 1 aliphatic heterocycles. The van der Waals surface area contributed by atoms with Gasteiger partial charge >= 0.3 is 0 Å². The van der Waals surface area contributed by atoms with Crippen LogP contribution in [0.15, 0.2) is 24.3 Å². The van der Waals surface area contributed by atoms with Gasteiger partial charge in [0, 0.05) is 19.3 Å². The third-order valence-corrected chi connectivity index (χ3v) is 6.12. The normalized spacial score (nSPS) is 26.5. The molecule has 2 fully saturated rings. The summed E-state index contributed by atoms with van der Waals surface area (Å²) >= 11 is 0. The van der Waals surface area contributed by atoms with E-state index in [4.69, 9.17) is 9.47 Å². The van der Waals surface area contributed by atoms with Crippen molar-refractivity contribution in [2.75, 3.05) is 38.7 Å². The molecule has 1 saturated heterocycles. The monoisotopic (exact) mass is 374 g/mol. The van der Waals surface area contributed by atoms with Crippen molar-refractivity contribution < 1.29 is 14.3 Å². The first-order valence-electron chi connectivity index (χ1n) is 10.4. The summed E-state index contributed by atoms with van der Waals surface area (Å²) in [7, 11) is 1.65. The molecule has 0 spiro atoms. The number of hydrogen-bond acceptors (Lipinski definition) is 4. The quantitative estimate of drug-likeness (QED) is 0.781. The highest BCUT2D eigenvalue weighted by Gasteiger charge is 2.41. The molecule has 0 bridgehead atoms. The molecule has 0 aromatic heterocycles. The van der Waals surface area contributed by atoms with Gasteiger partial charge in [-0.25, -0.2) is 0 Å². The molecule has 1 aromatic rings. The average Bonchev–Trinajstić information content (AvgIpc) is 2.71. The molecule has 5 nitrogen and oxygen atoms in total. The number of carbonyl (C=O) groups is 1. The van der Waals surface area contributed by atoms with E-state index in [1.54, 1.807) is 7.11 Å². The lowest BCUT2D eigenvalue weighted by Crippen LogP contribution is -2.47. The van der Waals surface area contributed by atoms with Gasteiger partial charge in [0.25, 0.3) is 5.91 Å². The lowest BCUT2D eigenvalue weighted by atomic mass is 9.79. The van der Waals surface area contributed by atoms with Crippen LogP contribution in [0.3, 0.4) is 0 Å². The van der Waals surface area contributed by atoms with Crippen LogP contribution in [0, 0.1) is 5.92 Å². The predicted molar refractivity (Wildman–Crippen MR) is 108 cm³/mol. The summed E-state index contributed by atoms with van der Waals surface area (Å²) in [4.78, 5) is 15.3. The fourth-order valence-corrected chi connectivity index (χ4v) is 4.11. The van der Waals surface area contributed by atoms with Crippen LogP contribution in [-0.2, 0) is 9.53 Å². The van der Waals surface area contributed by atoms with Crippen molar-refractivity contribution in [3.63, 3.8) is 0 Å². The van der Waals surface area contributed by atoms with Crippen molar-refractivity contribution in [3.05, 3.63) is 24.3 Å². The number of hydrogen-bond donors (Lipinski definition) is 1. The third kappa shape index (κ3) is 5.45. The first-order valence-corrected chi connectivity index (χ1v) is 10.4. The highest BCUT2D eigenvalue weighted by molar-refractivity contribution is 5.97. The standard InChI is InChI=1S/C22H34N2O3/c1-18-10-12-22(26-2,13-11-18)21(25)23-19-6-8-20(9-7-19)27-17-16-24-14-4-3-5-15-24/h6-9,18H,3-5,10-17H2,1-2H3,(H,23,25). The number of carbonyl (C=O) groups excluding carboxylic acids is 1. The van der Waals surface area contributed by atoms with Gasteiger partial charge in [-0.15, -0.1) is 0 Å². The van der Waals surface area contributed by atoms with Gasteiger partial charge in [0.2, 0.25) is 0 Å². The number of nitrogens with zero attached hydrogens (tertiary/aromatic N) is 1. The van der Waals surface area contributed by atoms with Crippen molar-refractivity contribution in [3.8, 4) is 5.75 Å². The summed E-state index contributed by atoms with van der Waals surface area (Å²) in [6.45, 7) is 6.30. The molecular formula is C22H34N2O3. The lowest BCUT2D eigenvalue weighted by Gasteiger charge is -2.36. The van der Waals surface area contributed by atoms with Crippen molar-refractivity contribution in [1.82, 2.24) is 4.90 Å². The second-order valence-electron chi connectivity index (χ2n) is 8.11. The Morgan fingerprint density at radius 2 is 1.81 bits per heavy atom. The maximum Gasteiger partial charge on any atom is 0.256 e. The minimum atomic E-state index is -0.684. The summed E-state index contributed by atoms with van der Waals surface area (Å²) in [6, 6.07) is 7.66. The van der Waals surface area contributed by atoms with E-state index in [-0.39, 0.29) is 5.91 Å². The van der Waals surface area contributed by atoms with Gasteiger partial charge in [0.15, 0.2) is 0 Å². The first-order chi connectivity index (χ1) is 13.1. The molecule has 1 aromatic carbocycles. The van der Waals surface area contributed by atoms with Crippen LogP contribution in [-0.4, -0.2) is 49.8 Å². The van der Waals surface area contributed by atoms with Crippen LogP contribution in [0.2, 0.25) is 0 Å². The van der Waals surface area contributed by atoms with E-state index in [0.717, 1.165) is 43.7 Å². The van der Waals surface area contributed by atoms with Gasteiger partial charge in [-0.05, 0) is 81.8 Å². The Morgan fingerprint density at radius 1 is 1.15 bits per heavy atom. The number of ether oxygens (including phenoxy) is 2. The Bertz CT molecular complexity index is 588. The number of piperidine rings is 1. The second-order valence-corrected chi connectivity index (χ2v) is 8.11. The van der Waals surface area contributed by atoms with Crippen LogP contribution in [0.5, 0.6) is 5.75 Å². The van der Waals surface area contributed by atoms with Crippen molar-refractivity contribution in [2.24, 2.45) is 5.92 Å². The van der Waals surface area contributed by atoms with Crippen LogP contribution in [0.25, 0.3) is 0 Å². The van der Waals surface area contributed by atoms with Crippen LogP contribution < -0.4 is 10.1 Å². The highest BCUT2D eigenvalue weighted by atomic mass is 16.5. The fourth-order valence-electron chi connectivity index (χ4n) is 4.11. The summed E-state index contributed by atoms with van der Waals surface area (Å²) in [5.41, 5.74) is 0.106. The molecule has 27 heavy (non-hydrogen) atoms. The van der Waals surface area contributed by atoms with Gasteiger partial charge in [-0.3, -0.25) is 9.69 Å². The molecule has 0 atom stereocenters. The fraction of sp³-hybridized carbons (Fsp3) is 0.682. The van der Waals surface area contributed by atoms with Crippen LogP contribution in [0.4, 0.5) is 5.69 Å². The molecule has 1 heterocycles. The van der Waals surface area contributed by atoms with Gasteiger partial charge < -0.3 is 14.8 Å². The Labute approximate surface area is 163 Å². The predicted octanol–water partition coefficient (Wildman–Crippen LogP) is 4.09. The van der Waals surface area contributed by atoms with E-state index in [1.807, 2.05) is 24.3 Å². The van der Waals surface area contributed by atoms with Crippen LogP contribution in [0.1, 0.15) is 51.9 Å². The van der Waals surface area contributed by atoms with Crippen molar-refractivity contribution in [2.45, 2.75) is 57.5 Å². The summed E-state index contributed by atoms with van der Waals surface area (Å²) in [5.74, 6) is 1.48. The van der Waals surface area contributed by atoms with Gasteiger partial charge in [0.05, 0.1) is 0 Å². The topological polar surface area (TPSA) is 50.8 Å². The highest BCUT2D eigenvalue weighted by Crippen LogP contribution is 2.35. The Hall–Kier alpha value is -1.59. The molecule has 1 N–H and O–H groups in total. The second kappa shape index (κ2) is 9.56. The van der Waals surface area contributed by atoms with E-state index in [2.05, 4.69) is 17.1 Å². The molecular weight excluding hydrogens is 340 g/mol. The summed E-state index contributed by atoms with van der Waals surface area (Å²) < 4.78 is 11.5. The first kappa shape index (κ1) is 20.2. The van der Waals surface area contributed by atoms with Gasteiger partial charge in [-0.1, -0.05) is 13.3 Å². The molecule has 2 aliphatic rings. The van der Waals surface area contributed by atoms with Crippen molar-refractivity contribution in [1.29, 1.82) is 0 Å². The van der Waals surface area contributed by atoms with E-state index in [1.165, 1.54) is 32.4 Å². The molecule has 3 rings (SSSR count). The lowest BCUT2D eigenvalue weighted by molar-refractivity contribution is -0.142. The Kier molecular flexibility index (Phi) is 7.13. The minimum Gasteiger partial charge on any atom is -0.492 e. The molecule has 0 unspecified atom stereocenters. The number of benzene rings is 1. The number of methoxy groups -OCH3 is 1. The SMILES string of the molecule is COC1(C(=O)Nc2ccc(OCCN3CCCCC3)cc2)CCC(C)CC1. The maximum atomic E-state index is 12.8. The maximum absolute atomic E-state index is 12.8. The van der Waals surface area contributed by atoms with E-state index < -0.39 is 5.60 Å². The minimum absolute atomic E-state index is 0.0318. The number of amides is 1. The number of anilines is 1. The van der Waals surface area contributed by atoms with E-state index in [9.17, 15) is 4.79 Å². The third-order valence-electron chi connectivity index (χ3n) is 6.12. The Balaban J connectivity index is 1.47. The molecule has 150 valence electrons. The van der Waals surface area contributed by atoms with Gasteiger partial charge in [-0.2, -0.15) is 0 Å². The average molecular weight is 375 g/mol. The number of nitrogens with one attached hydrogen (secondary N) is 1.